The van der Waals surface area contributed by atoms with Gasteiger partial charge >= 0.3 is 0 Å². The van der Waals surface area contributed by atoms with Gasteiger partial charge in [-0.3, -0.25) is 14.4 Å². The minimum atomic E-state index is -3.26. The molecule has 0 aromatic heterocycles. The van der Waals surface area contributed by atoms with E-state index in [-0.39, 0.29) is 16.7 Å². The molecule has 0 saturated carbocycles. The molecule has 8 nitrogen and oxygen atoms in total. The van der Waals surface area contributed by atoms with Crippen LogP contribution in [0.25, 0.3) is 0 Å². The lowest BCUT2D eigenvalue weighted by molar-refractivity contribution is -0.165. The zero-order chi connectivity index (χ0) is 24.5. The summed E-state index contributed by atoms with van der Waals surface area (Å²) in [5.74, 6) is -3.67. The summed E-state index contributed by atoms with van der Waals surface area (Å²) in [6.07, 6.45) is -6.58. The number of aliphatic hydroxyl groups excluding tert-OH is 2. The zero-order valence-corrected chi connectivity index (χ0v) is 17.8. The summed E-state index contributed by atoms with van der Waals surface area (Å²) in [5.41, 5.74) is -6.66. The standard InChI is InChI=1S/C26H22O8/c27-19(16-10-4-1-5-11-16)20(28)23-25(32,21(29)17-12-6-2-7-13-17)26(33,24(31)34-23)22(30)18-14-8-3-9-15-18/h1-15,19,23-24,27,31-33H/t19?,23-,24+,25-,26-/m1/s1. The highest BCUT2D eigenvalue weighted by Crippen LogP contribution is 2.45. The fraction of sp³-hybridized carbons (Fsp3) is 0.192. The largest absolute Gasteiger partial charge is 0.380 e. The minimum Gasteiger partial charge on any atom is -0.380 e. The van der Waals surface area contributed by atoms with Gasteiger partial charge < -0.3 is 25.2 Å². The van der Waals surface area contributed by atoms with Crippen LogP contribution in [0.1, 0.15) is 32.4 Å². The van der Waals surface area contributed by atoms with E-state index in [0.29, 0.717) is 0 Å². The first-order valence-electron chi connectivity index (χ1n) is 10.5. The van der Waals surface area contributed by atoms with Crippen molar-refractivity contribution in [3.63, 3.8) is 0 Å². The molecule has 0 amide bonds. The molecule has 0 spiro atoms. The van der Waals surface area contributed by atoms with Crippen LogP contribution in [0.5, 0.6) is 0 Å². The smallest absolute Gasteiger partial charge is 0.218 e. The van der Waals surface area contributed by atoms with Gasteiger partial charge in [-0.05, 0) is 5.56 Å². The summed E-state index contributed by atoms with van der Waals surface area (Å²) >= 11 is 0. The molecule has 34 heavy (non-hydrogen) atoms. The highest BCUT2D eigenvalue weighted by atomic mass is 16.7. The molecule has 4 rings (SSSR count). The summed E-state index contributed by atoms with van der Waals surface area (Å²) < 4.78 is 5.19. The first-order chi connectivity index (χ1) is 16.2. The fourth-order valence-electron chi connectivity index (χ4n) is 4.13. The van der Waals surface area contributed by atoms with E-state index in [1.165, 1.54) is 60.7 Å². The SMILES string of the molecule is O=C(C(O)c1ccccc1)[C@H]1O[C@H](O)[C@](O)(C(=O)c2ccccc2)[C@@]1(O)C(=O)c1ccccc1. The van der Waals surface area contributed by atoms with Crippen LogP contribution in [0.15, 0.2) is 91.0 Å². The van der Waals surface area contributed by atoms with Gasteiger partial charge in [0, 0.05) is 11.1 Å². The lowest BCUT2D eigenvalue weighted by Gasteiger charge is -2.37. The molecule has 4 N–H and O–H groups in total. The van der Waals surface area contributed by atoms with Crippen molar-refractivity contribution in [1.29, 1.82) is 0 Å². The van der Waals surface area contributed by atoms with E-state index >= 15 is 0 Å². The van der Waals surface area contributed by atoms with E-state index in [0.717, 1.165) is 0 Å². The monoisotopic (exact) mass is 462 g/mol. The number of Topliss-reactive ketones (excluding diaryl/α,β-unsaturated/α-hetero) is 3. The summed E-state index contributed by atoms with van der Waals surface area (Å²) in [7, 11) is 0. The number of hydrogen-bond donors (Lipinski definition) is 4. The van der Waals surface area contributed by atoms with E-state index in [4.69, 9.17) is 4.74 Å². The zero-order valence-electron chi connectivity index (χ0n) is 17.8. The molecule has 5 atom stereocenters. The second-order valence-corrected chi connectivity index (χ2v) is 8.01. The predicted molar refractivity (Wildman–Crippen MR) is 119 cm³/mol. The number of carbonyl (C=O) groups excluding carboxylic acids is 3. The quantitative estimate of drug-likeness (QED) is 0.384. The van der Waals surface area contributed by atoms with E-state index in [1.54, 1.807) is 30.3 Å². The van der Waals surface area contributed by atoms with Crippen LogP contribution in [0.4, 0.5) is 0 Å². The Morgan fingerprint density at radius 2 is 1.12 bits per heavy atom. The number of ketones is 3. The minimum absolute atomic E-state index is 0.130. The van der Waals surface area contributed by atoms with Gasteiger partial charge in [0.05, 0.1) is 0 Å². The predicted octanol–water partition coefficient (Wildman–Crippen LogP) is 1.23. The Morgan fingerprint density at radius 1 is 0.706 bits per heavy atom. The number of carbonyl (C=O) groups is 3. The molecule has 3 aromatic carbocycles. The van der Waals surface area contributed by atoms with Crippen molar-refractivity contribution in [2.75, 3.05) is 0 Å². The highest BCUT2D eigenvalue weighted by molar-refractivity contribution is 6.15. The first kappa shape index (κ1) is 23.6. The number of aliphatic hydroxyl groups is 4. The van der Waals surface area contributed by atoms with Crippen molar-refractivity contribution in [2.45, 2.75) is 29.7 Å². The lowest BCUT2D eigenvalue weighted by atomic mass is 9.70. The maximum absolute atomic E-state index is 13.6. The fourth-order valence-corrected chi connectivity index (χ4v) is 4.13. The third-order valence-corrected chi connectivity index (χ3v) is 5.99. The molecule has 1 aliphatic rings. The van der Waals surface area contributed by atoms with Crippen molar-refractivity contribution >= 4 is 17.3 Å². The van der Waals surface area contributed by atoms with Crippen LogP contribution < -0.4 is 0 Å². The van der Waals surface area contributed by atoms with Gasteiger partial charge in [0.15, 0.2) is 18.2 Å². The molecule has 1 fully saturated rings. The van der Waals surface area contributed by atoms with E-state index in [2.05, 4.69) is 0 Å². The summed E-state index contributed by atoms with van der Waals surface area (Å²) in [4.78, 5) is 40.2. The van der Waals surface area contributed by atoms with Crippen LogP contribution in [-0.2, 0) is 9.53 Å². The first-order valence-corrected chi connectivity index (χ1v) is 10.5. The van der Waals surface area contributed by atoms with Gasteiger partial charge in [-0.1, -0.05) is 91.0 Å². The second-order valence-electron chi connectivity index (χ2n) is 8.01. The van der Waals surface area contributed by atoms with Crippen LogP contribution >= 0.6 is 0 Å². The third kappa shape index (κ3) is 3.58. The van der Waals surface area contributed by atoms with Crippen LogP contribution in [0.3, 0.4) is 0 Å². The van der Waals surface area contributed by atoms with Gasteiger partial charge in [-0.25, -0.2) is 0 Å². The molecule has 0 radical (unpaired) electrons. The number of rotatable bonds is 7. The molecule has 1 heterocycles. The van der Waals surface area contributed by atoms with E-state index < -0.39 is 47.0 Å². The second kappa shape index (κ2) is 9.02. The van der Waals surface area contributed by atoms with Crippen molar-refractivity contribution in [2.24, 2.45) is 0 Å². The Morgan fingerprint density at radius 3 is 1.59 bits per heavy atom. The molecule has 1 saturated heterocycles. The Labute approximate surface area is 194 Å². The molecule has 1 aliphatic heterocycles. The van der Waals surface area contributed by atoms with Crippen molar-refractivity contribution in [3.8, 4) is 0 Å². The molecule has 8 heteroatoms. The highest BCUT2D eigenvalue weighted by Gasteiger charge is 2.75. The van der Waals surface area contributed by atoms with Gasteiger partial charge in [-0.15, -0.1) is 0 Å². The maximum atomic E-state index is 13.6. The Kier molecular flexibility index (Phi) is 6.26. The number of ether oxygens (including phenoxy) is 1. The third-order valence-electron chi connectivity index (χ3n) is 5.99. The molecule has 0 aliphatic carbocycles. The molecular formula is C26H22O8. The Balaban J connectivity index is 1.86. The maximum Gasteiger partial charge on any atom is 0.218 e. The van der Waals surface area contributed by atoms with Crippen LogP contribution in [0, 0.1) is 0 Å². The molecular weight excluding hydrogens is 440 g/mol. The summed E-state index contributed by atoms with van der Waals surface area (Å²) in [6.45, 7) is 0. The summed E-state index contributed by atoms with van der Waals surface area (Å²) in [6, 6.07) is 22.0. The normalized spacial score (nSPS) is 27.2. The van der Waals surface area contributed by atoms with Gasteiger partial charge in [0.2, 0.25) is 22.8 Å². The molecule has 174 valence electrons. The van der Waals surface area contributed by atoms with Crippen molar-refractivity contribution < 1.29 is 39.5 Å². The van der Waals surface area contributed by atoms with Gasteiger partial charge in [0.1, 0.15) is 6.10 Å². The van der Waals surface area contributed by atoms with Gasteiger partial charge in [-0.2, -0.15) is 0 Å². The Bertz CT molecular complexity index is 1200. The molecule has 0 bridgehead atoms. The molecule has 3 aromatic rings. The summed E-state index contributed by atoms with van der Waals surface area (Å²) in [5, 5.41) is 44.5. The van der Waals surface area contributed by atoms with Crippen LogP contribution in [-0.4, -0.2) is 61.4 Å². The average Bonchev–Trinajstić information content (AvgIpc) is 3.10. The van der Waals surface area contributed by atoms with E-state index in [1.807, 2.05) is 0 Å². The van der Waals surface area contributed by atoms with Crippen molar-refractivity contribution in [3.05, 3.63) is 108 Å². The van der Waals surface area contributed by atoms with Gasteiger partial charge in [0.25, 0.3) is 0 Å². The average molecular weight is 462 g/mol. The Hall–Kier alpha value is -3.53. The number of benzene rings is 3. The number of hydrogen-bond acceptors (Lipinski definition) is 8. The van der Waals surface area contributed by atoms with Crippen LogP contribution in [0.2, 0.25) is 0 Å². The van der Waals surface area contributed by atoms with E-state index in [9.17, 15) is 34.8 Å². The lowest BCUT2D eigenvalue weighted by Crippen LogP contribution is -2.69. The molecule has 1 unspecified atom stereocenters. The van der Waals surface area contributed by atoms with Crippen molar-refractivity contribution in [1.82, 2.24) is 0 Å². The topological polar surface area (TPSA) is 141 Å².